The van der Waals surface area contributed by atoms with E-state index in [0.717, 1.165) is 5.56 Å². The molecule has 22 heavy (non-hydrogen) atoms. The molecule has 1 N–H and O–H groups in total. The lowest BCUT2D eigenvalue weighted by Crippen LogP contribution is -2.11. The molecule has 1 amide bonds. The minimum atomic E-state index is -0.0676. The zero-order valence-corrected chi connectivity index (χ0v) is 12.4. The number of pyridine rings is 1. The zero-order chi connectivity index (χ0) is 15.2. The van der Waals surface area contributed by atoms with Crippen LogP contribution >= 0.6 is 11.3 Å². The average molecular weight is 315 g/mol. The molecule has 8 heteroatoms. The van der Waals surface area contributed by atoms with E-state index in [2.05, 4.69) is 25.4 Å². The van der Waals surface area contributed by atoms with Gasteiger partial charge >= 0.3 is 0 Å². The molecule has 0 radical (unpaired) electrons. The normalized spacial score (nSPS) is 10.5. The maximum absolute atomic E-state index is 11.7. The van der Waals surface area contributed by atoms with Crippen LogP contribution in [0.4, 0.5) is 5.13 Å². The highest BCUT2D eigenvalue weighted by Gasteiger charge is 2.10. The quantitative estimate of drug-likeness (QED) is 0.751. The Morgan fingerprint density at radius 1 is 1.36 bits per heavy atom. The molecule has 0 unspecified atom stereocenters. The number of hydrogen-bond donors (Lipinski definition) is 1. The topological polar surface area (TPSA) is 93.8 Å². The lowest BCUT2D eigenvalue weighted by Gasteiger charge is -1.99. The summed E-state index contributed by atoms with van der Waals surface area (Å²) in [7, 11) is 0. The first-order valence-electron chi connectivity index (χ1n) is 6.73. The number of aryl methyl sites for hydroxylation is 1. The van der Waals surface area contributed by atoms with Gasteiger partial charge in [-0.25, -0.2) is 4.98 Å². The molecule has 3 aromatic heterocycles. The molecule has 0 aliphatic heterocycles. The fourth-order valence-corrected chi connectivity index (χ4v) is 2.38. The second-order valence-corrected chi connectivity index (χ2v) is 5.39. The molecule has 0 aliphatic carbocycles. The lowest BCUT2D eigenvalue weighted by atomic mass is 10.2. The number of carbonyl (C=O) groups is 1. The summed E-state index contributed by atoms with van der Waals surface area (Å²) in [4.78, 5) is 24.0. The molecule has 0 saturated carbocycles. The highest BCUT2D eigenvalue weighted by atomic mass is 32.1. The van der Waals surface area contributed by atoms with Gasteiger partial charge in [-0.2, -0.15) is 4.98 Å². The van der Waals surface area contributed by atoms with Crippen LogP contribution in [0.25, 0.3) is 11.4 Å². The Morgan fingerprint density at radius 2 is 2.32 bits per heavy atom. The molecule has 0 aliphatic rings. The second-order valence-electron chi connectivity index (χ2n) is 4.49. The number of thiazole rings is 1. The van der Waals surface area contributed by atoms with Gasteiger partial charge in [0.25, 0.3) is 0 Å². The van der Waals surface area contributed by atoms with E-state index < -0.39 is 0 Å². The van der Waals surface area contributed by atoms with Crippen LogP contribution in [0.5, 0.6) is 0 Å². The van der Waals surface area contributed by atoms with Crippen molar-refractivity contribution in [1.29, 1.82) is 0 Å². The highest BCUT2D eigenvalue weighted by Crippen LogP contribution is 2.15. The van der Waals surface area contributed by atoms with E-state index in [4.69, 9.17) is 4.52 Å². The fourth-order valence-electron chi connectivity index (χ4n) is 1.84. The van der Waals surface area contributed by atoms with Crippen molar-refractivity contribution >= 4 is 22.4 Å². The number of nitrogens with zero attached hydrogens (tertiary/aromatic N) is 4. The van der Waals surface area contributed by atoms with Crippen LogP contribution in [-0.4, -0.2) is 26.0 Å². The lowest BCUT2D eigenvalue weighted by molar-refractivity contribution is -0.116. The van der Waals surface area contributed by atoms with Crippen molar-refractivity contribution in [1.82, 2.24) is 20.1 Å². The summed E-state index contributed by atoms with van der Waals surface area (Å²) in [5.41, 5.74) is 0.805. The van der Waals surface area contributed by atoms with Crippen molar-refractivity contribution in [3.8, 4) is 11.4 Å². The van der Waals surface area contributed by atoms with Crippen LogP contribution in [-0.2, 0) is 11.2 Å². The third kappa shape index (κ3) is 3.73. The molecule has 0 aromatic carbocycles. The van der Waals surface area contributed by atoms with Crippen molar-refractivity contribution < 1.29 is 9.32 Å². The Kier molecular flexibility index (Phi) is 4.50. The predicted molar refractivity (Wildman–Crippen MR) is 81.2 cm³/mol. The summed E-state index contributed by atoms with van der Waals surface area (Å²) >= 11 is 1.39. The molecule has 112 valence electrons. The molecule has 0 spiro atoms. The first-order valence-corrected chi connectivity index (χ1v) is 7.61. The van der Waals surface area contributed by atoms with Crippen LogP contribution in [0.2, 0.25) is 0 Å². The van der Waals surface area contributed by atoms with Gasteiger partial charge in [0.1, 0.15) is 0 Å². The van der Waals surface area contributed by atoms with Gasteiger partial charge in [-0.05, 0) is 18.6 Å². The van der Waals surface area contributed by atoms with Gasteiger partial charge < -0.3 is 9.84 Å². The SMILES string of the molecule is O=C(CCCc1nc(-c2cccnc2)no1)Nc1nccs1. The second kappa shape index (κ2) is 6.90. The summed E-state index contributed by atoms with van der Waals surface area (Å²) < 4.78 is 5.18. The van der Waals surface area contributed by atoms with Gasteiger partial charge in [0.2, 0.25) is 17.6 Å². The summed E-state index contributed by atoms with van der Waals surface area (Å²) in [5, 5.41) is 9.07. The van der Waals surface area contributed by atoms with E-state index in [1.807, 2.05) is 17.5 Å². The predicted octanol–water partition coefficient (Wildman–Crippen LogP) is 2.55. The summed E-state index contributed by atoms with van der Waals surface area (Å²) in [6.45, 7) is 0. The first kappa shape index (κ1) is 14.3. The number of aromatic nitrogens is 4. The molecule has 0 atom stereocenters. The third-order valence-electron chi connectivity index (χ3n) is 2.86. The number of hydrogen-bond acceptors (Lipinski definition) is 7. The summed E-state index contributed by atoms with van der Waals surface area (Å²) in [5.74, 6) is 0.957. The first-order chi connectivity index (χ1) is 10.8. The van der Waals surface area contributed by atoms with Gasteiger partial charge in [0, 0.05) is 42.4 Å². The van der Waals surface area contributed by atoms with Crippen LogP contribution in [0.3, 0.4) is 0 Å². The largest absolute Gasteiger partial charge is 0.339 e. The van der Waals surface area contributed by atoms with Gasteiger partial charge in [-0.3, -0.25) is 9.78 Å². The fraction of sp³-hybridized carbons (Fsp3) is 0.214. The summed E-state index contributed by atoms with van der Waals surface area (Å²) in [6.07, 6.45) is 6.58. The van der Waals surface area contributed by atoms with E-state index in [1.54, 1.807) is 18.6 Å². The van der Waals surface area contributed by atoms with Gasteiger partial charge in [-0.1, -0.05) is 5.16 Å². The smallest absolute Gasteiger partial charge is 0.226 e. The molecule has 0 bridgehead atoms. The Hall–Kier alpha value is -2.61. The van der Waals surface area contributed by atoms with Gasteiger partial charge in [0.05, 0.1) is 0 Å². The Bertz CT molecular complexity index is 727. The monoisotopic (exact) mass is 315 g/mol. The maximum Gasteiger partial charge on any atom is 0.226 e. The molecule has 3 rings (SSSR count). The Balaban J connectivity index is 1.48. The minimum Gasteiger partial charge on any atom is -0.339 e. The van der Waals surface area contributed by atoms with Crippen LogP contribution < -0.4 is 5.32 Å². The van der Waals surface area contributed by atoms with Gasteiger partial charge in [0.15, 0.2) is 5.13 Å². The van der Waals surface area contributed by atoms with Crippen LogP contribution in [0, 0.1) is 0 Å². The molecular weight excluding hydrogens is 302 g/mol. The zero-order valence-electron chi connectivity index (χ0n) is 11.6. The van der Waals surface area contributed by atoms with E-state index in [1.165, 1.54) is 11.3 Å². The molecule has 3 aromatic rings. The molecular formula is C14H13N5O2S. The number of nitrogens with one attached hydrogen (secondary N) is 1. The van der Waals surface area contributed by atoms with Crippen molar-refractivity contribution in [3.63, 3.8) is 0 Å². The number of rotatable bonds is 6. The number of carbonyl (C=O) groups excluding carboxylic acids is 1. The van der Waals surface area contributed by atoms with E-state index in [0.29, 0.717) is 36.1 Å². The molecule has 0 fully saturated rings. The Morgan fingerprint density at radius 3 is 3.09 bits per heavy atom. The van der Waals surface area contributed by atoms with Crippen molar-refractivity contribution in [2.24, 2.45) is 0 Å². The highest BCUT2D eigenvalue weighted by molar-refractivity contribution is 7.13. The van der Waals surface area contributed by atoms with Crippen molar-refractivity contribution in [3.05, 3.63) is 42.0 Å². The van der Waals surface area contributed by atoms with Crippen molar-refractivity contribution in [2.45, 2.75) is 19.3 Å². The molecule has 3 heterocycles. The number of amides is 1. The van der Waals surface area contributed by atoms with E-state index >= 15 is 0 Å². The van der Waals surface area contributed by atoms with Crippen molar-refractivity contribution in [2.75, 3.05) is 5.32 Å². The van der Waals surface area contributed by atoms with Crippen LogP contribution in [0.15, 0.2) is 40.6 Å². The van der Waals surface area contributed by atoms with Gasteiger partial charge in [-0.15, -0.1) is 11.3 Å². The number of anilines is 1. The van der Waals surface area contributed by atoms with E-state index in [-0.39, 0.29) is 5.91 Å². The molecule has 0 saturated heterocycles. The Labute approximate surface area is 130 Å². The van der Waals surface area contributed by atoms with E-state index in [9.17, 15) is 4.79 Å². The third-order valence-corrected chi connectivity index (χ3v) is 3.55. The minimum absolute atomic E-state index is 0.0676. The standard InChI is InChI=1S/C14H13N5O2S/c20-11(17-14-16-7-8-22-14)4-1-5-12-18-13(19-21-12)10-3-2-6-15-9-10/h2-3,6-9H,1,4-5H2,(H,16,17,20). The molecule has 7 nitrogen and oxygen atoms in total. The van der Waals surface area contributed by atoms with Crippen LogP contribution in [0.1, 0.15) is 18.7 Å². The maximum atomic E-state index is 11.7. The average Bonchev–Trinajstić information content (AvgIpc) is 3.20. The summed E-state index contributed by atoms with van der Waals surface area (Å²) in [6, 6.07) is 3.68.